The molecule has 0 unspecified atom stereocenters. The lowest BCUT2D eigenvalue weighted by molar-refractivity contribution is -0.0809. The van der Waals surface area contributed by atoms with E-state index in [1.54, 1.807) is 0 Å². The number of esters is 1. The molecule has 0 radical (unpaired) electrons. The van der Waals surface area contributed by atoms with Crippen molar-refractivity contribution in [1.82, 2.24) is 0 Å². The van der Waals surface area contributed by atoms with Gasteiger partial charge in [-0.3, -0.25) is 0 Å². The fourth-order valence-corrected chi connectivity index (χ4v) is 4.69. The van der Waals surface area contributed by atoms with E-state index in [9.17, 15) is 4.79 Å². The molecule has 1 aromatic rings. The summed E-state index contributed by atoms with van der Waals surface area (Å²) in [4.78, 5) is 12.6. The van der Waals surface area contributed by atoms with Crippen molar-refractivity contribution in [3.8, 4) is 0 Å². The lowest BCUT2D eigenvalue weighted by Gasteiger charge is -2.52. The van der Waals surface area contributed by atoms with Crippen molar-refractivity contribution in [3.63, 3.8) is 0 Å². The Morgan fingerprint density at radius 2 is 1.87 bits per heavy atom. The summed E-state index contributed by atoms with van der Waals surface area (Å²) in [5, 5.41) is 0. The zero-order valence-electron chi connectivity index (χ0n) is 14.4. The van der Waals surface area contributed by atoms with E-state index in [2.05, 4.69) is 20.4 Å². The highest BCUT2D eigenvalue weighted by Crippen LogP contribution is 2.60. The third-order valence-corrected chi connectivity index (χ3v) is 6.58. The highest BCUT2D eigenvalue weighted by atomic mass is 16.5. The molecule has 0 spiro atoms. The number of carbonyl (C=O) groups excluding carboxylic acids is 1. The van der Waals surface area contributed by atoms with Crippen molar-refractivity contribution in [2.45, 2.75) is 64.9 Å². The maximum Gasteiger partial charge on any atom is 0.338 e. The van der Waals surface area contributed by atoms with Crippen molar-refractivity contribution in [2.24, 2.45) is 10.8 Å². The maximum absolute atomic E-state index is 12.6. The van der Waals surface area contributed by atoms with Gasteiger partial charge in [-0.2, -0.15) is 0 Å². The third kappa shape index (κ3) is 2.73. The Morgan fingerprint density at radius 1 is 1.13 bits per heavy atom. The summed E-state index contributed by atoms with van der Waals surface area (Å²) in [6.07, 6.45) is 7.94. The fourth-order valence-electron chi connectivity index (χ4n) is 4.69. The minimum absolute atomic E-state index is 0.00325. The Bertz CT molecular complexity index is 591. The van der Waals surface area contributed by atoms with Crippen LogP contribution in [-0.2, 0) is 4.74 Å². The van der Waals surface area contributed by atoms with Crippen LogP contribution in [0.5, 0.6) is 0 Å². The van der Waals surface area contributed by atoms with Crippen LogP contribution in [0.3, 0.4) is 0 Å². The molecule has 2 nitrogen and oxygen atoms in total. The highest BCUT2D eigenvalue weighted by Gasteiger charge is 2.54. The second kappa shape index (κ2) is 6.14. The van der Waals surface area contributed by atoms with E-state index in [-0.39, 0.29) is 22.9 Å². The molecule has 0 aliphatic heterocycles. The van der Waals surface area contributed by atoms with Crippen LogP contribution in [0.25, 0.3) is 0 Å². The standard InChI is InChI=1S/C21H28O2/c1-16-10-9-15-20(16,2)21(3)14-8-7-13-18(21)23-19(22)17-11-5-4-6-12-17/h4-6,11-12,18H,1,7-10,13-15H2,2-3H3/t18-,20+,21+/m1/s1. The molecule has 0 heterocycles. The van der Waals surface area contributed by atoms with Gasteiger partial charge in [-0.15, -0.1) is 0 Å². The van der Waals surface area contributed by atoms with Crippen LogP contribution in [0, 0.1) is 10.8 Å². The Hall–Kier alpha value is -1.57. The van der Waals surface area contributed by atoms with Crippen LogP contribution in [0.4, 0.5) is 0 Å². The minimum atomic E-state index is -0.184. The van der Waals surface area contributed by atoms with E-state index in [0.717, 1.165) is 25.7 Å². The number of rotatable bonds is 3. The molecule has 23 heavy (non-hydrogen) atoms. The van der Waals surface area contributed by atoms with E-state index < -0.39 is 0 Å². The molecule has 0 amide bonds. The Morgan fingerprint density at radius 3 is 2.52 bits per heavy atom. The Kier molecular flexibility index (Phi) is 4.35. The average molecular weight is 312 g/mol. The first-order valence-corrected chi connectivity index (χ1v) is 8.92. The van der Waals surface area contributed by atoms with Crippen molar-refractivity contribution >= 4 is 5.97 Å². The predicted octanol–water partition coefficient (Wildman–Crippen LogP) is 5.54. The summed E-state index contributed by atoms with van der Waals surface area (Å²) in [6.45, 7) is 9.03. The zero-order valence-corrected chi connectivity index (χ0v) is 14.4. The van der Waals surface area contributed by atoms with Gasteiger partial charge in [0, 0.05) is 5.41 Å². The summed E-state index contributed by atoms with van der Waals surface area (Å²) in [5.41, 5.74) is 2.09. The molecule has 3 atom stereocenters. The molecule has 124 valence electrons. The summed E-state index contributed by atoms with van der Waals surface area (Å²) < 4.78 is 6.04. The van der Waals surface area contributed by atoms with Crippen LogP contribution in [-0.4, -0.2) is 12.1 Å². The van der Waals surface area contributed by atoms with Crippen LogP contribution >= 0.6 is 0 Å². The SMILES string of the molecule is C=C1CCC[C@]1(C)[C@@]1(C)CCCC[C@H]1OC(=O)c1ccccc1. The van der Waals surface area contributed by atoms with Gasteiger partial charge in [-0.1, -0.05) is 50.6 Å². The van der Waals surface area contributed by atoms with Gasteiger partial charge in [0.1, 0.15) is 6.10 Å². The first kappa shape index (κ1) is 16.3. The number of carbonyl (C=O) groups is 1. The lowest BCUT2D eigenvalue weighted by Crippen LogP contribution is -2.49. The summed E-state index contributed by atoms with van der Waals surface area (Å²) >= 11 is 0. The van der Waals surface area contributed by atoms with Crippen molar-refractivity contribution in [3.05, 3.63) is 48.0 Å². The van der Waals surface area contributed by atoms with Crippen molar-refractivity contribution in [1.29, 1.82) is 0 Å². The topological polar surface area (TPSA) is 26.3 Å². The van der Waals surface area contributed by atoms with E-state index in [4.69, 9.17) is 4.74 Å². The van der Waals surface area contributed by atoms with Crippen molar-refractivity contribution < 1.29 is 9.53 Å². The minimum Gasteiger partial charge on any atom is -0.458 e. The first-order chi connectivity index (χ1) is 11.0. The molecule has 2 aliphatic rings. The van der Waals surface area contributed by atoms with Gasteiger partial charge in [0.25, 0.3) is 0 Å². The fraction of sp³-hybridized carbons (Fsp3) is 0.571. The number of allylic oxidation sites excluding steroid dienone is 1. The van der Waals surface area contributed by atoms with Crippen LogP contribution in [0.1, 0.15) is 69.2 Å². The molecule has 2 heteroatoms. The second-order valence-electron chi connectivity index (χ2n) is 7.71. The molecular weight excluding hydrogens is 284 g/mol. The Balaban J connectivity index is 1.84. The van der Waals surface area contributed by atoms with Gasteiger partial charge in [0.2, 0.25) is 0 Å². The Labute approximate surface area is 139 Å². The van der Waals surface area contributed by atoms with Gasteiger partial charge in [-0.25, -0.2) is 4.79 Å². The second-order valence-corrected chi connectivity index (χ2v) is 7.71. The third-order valence-electron chi connectivity index (χ3n) is 6.58. The molecule has 3 rings (SSSR count). The number of ether oxygens (including phenoxy) is 1. The predicted molar refractivity (Wildman–Crippen MR) is 93.3 cm³/mol. The van der Waals surface area contributed by atoms with Gasteiger partial charge >= 0.3 is 5.97 Å². The van der Waals surface area contributed by atoms with Gasteiger partial charge < -0.3 is 4.74 Å². The molecule has 1 aromatic carbocycles. The van der Waals surface area contributed by atoms with Gasteiger partial charge in [-0.05, 0) is 56.1 Å². The lowest BCUT2D eigenvalue weighted by atomic mass is 9.55. The first-order valence-electron chi connectivity index (χ1n) is 8.92. The zero-order chi connectivity index (χ0) is 16.5. The quantitative estimate of drug-likeness (QED) is 0.541. The van der Waals surface area contributed by atoms with E-state index in [1.165, 1.54) is 24.8 Å². The van der Waals surface area contributed by atoms with Crippen LogP contribution < -0.4 is 0 Å². The summed E-state index contributed by atoms with van der Waals surface area (Å²) in [6, 6.07) is 9.36. The molecule has 2 saturated carbocycles. The molecular formula is C21H28O2. The van der Waals surface area contributed by atoms with Crippen LogP contribution in [0.2, 0.25) is 0 Å². The molecule has 0 aromatic heterocycles. The molecule has 0 bridgehead atoms. The largest absolute Gasteiger partial charge is 0.458 e. The number of benzene rings is 1. The summed E-state index contributed by atoms with van der Waals surface area (Å²) in [5.74, 6) is -0.184. The van der Waals surface area contributed by atoms with E-state index in [1.807, 2.05) is 30.3 Å². The number of hydrogen-bond donors (Lipinski definition) is 0. The van der Waals surface area contributed by atoms with Gasteiger partial charge in [0.15, 0.2) is 0 Å². The van der Waals surface area contributed by atoms with Crippen LogP contribution in [0.15, 0.2) is 42.5 Å². The summed E-state index contributed by atoms with van der Waals surface area (Å²) in [7, 11) is 0. The van der Waals surface area contributed by atoms with E-state index in [0.29, 0.717) is 5.56 Å². The van der Waals surface area contributed by atoms with Gasteiger partial charge in [0.05, 0.1) is 5.56 Å². The highest BCUT2D eigenvalue weighted by molar-refractivity contribution is 5.89. The molecule has 2 aliphatic carbocycles. The normalized spacial score (nSPS) is 34.3. The van der Waals surface area contributed by atoms with E-state index >= 15 is 0 Å². The smallest absolute Gasteiger partial charge is 0.338 e. The average Bonchev–Trinajstić information content (AvgIpc) is 2.91. The number of hydrogen-bond acceptors (Lipinski definition) is 2. The molecule has 0 saturated heterocycles. The molecule has 0 N–H and O–H groups in total. The monoisotopic (exact) mass is 312 g/mol. The van der Waals surface area contributed by atoms with Crippen molar-refractivity contribution in [2.75, 3.05) is 0 Å². The molecule has 2 fully saturated rings. The maximum atomic E-state index is 12.6.